The van der Waals surface area contributed by atoms with Crippen molar-refractivity contribution in [3.63, 3.8) is 0 Å². The summed E-state index contributed by atoms with van der Waals surface area (Å²) in [6.45, 7) is 0. The van der Waals surface area contributed by atoms with E-state index in [0.717, 1.165) is 0 Å². The number of nitrogens with one attached hydrogen (secondary N) is 1. The Kier molecular flexibility index (Phi) is 3.52. The molecule has 0 saturated heterocycles. The molecule has 6 nitrogen and oxygen atoms in total. The van der Waals surface area contributed by atoms with Crippen LogP contribution in [-0.2, 0) is 7.05 Å². The quantitative estimate of drug-likeness (QED) is 0.900. The summed E-state index contributed by atoms with van der Waals surface area (Å²) < 4.78 is 1.50. The molecule has 2 aromatic rings. The summed E-state index contributed by atoms with van der Waals surface area (Å²) in [4.78, 5) is 22.7. The zero-order chi connectivity index (χ0) is 14.0. The molecule has 0 aliphatic rings. The van der Waals surface area contributed by atoms with E-state index in [4.69, 9.17) is 16.7 Å². The molecule has 0 radical (unpaired) electrons. The molecule has 0 unspecified atom stereocenters. The van der Waals surface area contributed by atoms with Crippen molar-refractivity contribution in [1.82, 2.24) is 9.78 Å². The minimum Gasteiger partial charge on any atom is -0.478 e. The molecule has 0 atom stereocenters. The molecule has 0 saturated carbocycles. The molecule has 1 aromatic carbocycles. The summed E-state index contributed by atoms with van der Waals surface area (Å²) in [6, 6.07) is 5.65. The number of carbonyl (C=O) groups excluding carboxylic acids is 1. The lowest BCUT2D eigenvalue weighted by Crippen LogP contribution is -2.13. The number of hydrogen-bond donors (Lipinski definition) is 2. The maximum atomic E-state index is 11.8. The van der Waals surface area contributed by atoms with E-state index in [0.29, 0.717) is 5.69 Å². The highest BCUT2D eigenvalue weighted by Gasteiger charge is 2.11. The summed E-state index contributed by atoms with van der Waals surface area (Å²) >= 11 is 5.79. The Bertz CT molecular complexity index is 651. The van der Waals surface area contributed by atoms with Gasteiger partial charge >= 0.3 is 5.97 Å². The third-order valence-corrected chi connectivity index (χ3v) is 2.57. The van der Waals surface area contributed by atoms with Gasteiger partial charge in [-0.3, -0.25) is 9.48 Å². The Hall–Kier alpha value is -2.34. The summed E-state index contributed by atoms with van der Waals surface area (Å²) in [5.74, 6) is -1.55. The number of rotatable bonds is 3. The fraction of sp³-hybridized carbons (Fsp3) is 0.0833. The lowest BCUT2D eigenvalue weighted by Gasteiger charge is -2.05. The van der Waals surface area contributed by atoms with E-state index in [1.807, 2.05) is 0 Å². The lowest BCUT2D eigenvalue weighted by atomic mass is 10.2. The second-order valence-corrected chi connectivity index (χ2v) is 4.30. The Labute approximate surface area is 113 Å². The largest absolute Gasteiger partial charge is 0.478 e. The van der Waals surface area contributed by atoms with Crippen LogP contribution in [0.15, 0.2) is 30.5 Å². The Morgan fingerprint density at radius 2 is 2.11 bits per heavy atom. The van der Waals surface area contributed by atoms with Gasteiger partial charge in [0.1, 0.15) is 0 Å². The van der Waals surface area contributed by atoms with E-state index in [9.17, 15) is 9.59 Å². The minimum absolute atomic E-state index is 0.00354. The van der Waals surface area contributed by atoms with E-state index in [1.54, 1.807) is 19.3 Å². The van der Waals surface area contributed by atoms with Gasteiger partial charge < -0.3 is 10.4 Å². The van der Waals surface area contributed by atoms with Crippen molar-refractivity contribution >= 4 is 29.2 Å². The second-order valence-electron chi connectivity index (χ2n) is 3.86. The Balaban J connectivity index is 2.23. The van der Waals surface area contributed by atoms with Gasteiger partial charge in [-0.15, -0.1) is 0 Å². The number of hydrogen-bond acceptors (Lipinski definition) is 3. The number of carbonyl (C=O) groups is 2. The summed E-state index contributed by atoms with van der Waals surface area (Å²) in [5.41, 5.74) is 0.545. The van der Waals surface area contributed by atoms with E-state index in [1.165, 1.54) is 22.9 Å². The Morgan fingerprint density at radius 3 is 2.68 bits per heavy atom. The summed E-state index contributed by atoms with van der Waals surface area (Å²) in [6.07, 6.45) is 1.63. The number of amides is 1. The van der Waals surface area contributed by atoms with Crippen molar-refractivity contribution < 1.29 is 14.7 Å². The number of anilines is 1. The fourth-order valence-corrected chi connectivity index (χ4v) is 1.75. The highest BCUT2D eigenvalue weighted by molar-refractivity contribution is 6.31. The number of carboxylic acid groups (broad SMARTS) is 1. The van der Waals surface area contributed by atoms with Crippen LogP contribution in [0.2, 0.25) is 5.02 Å². The first-order valence-electron chi connectivity index (χ1n) is 5.30. The summed E-state index contributed by atoms with van der Waals surface area (Å²) in [7, 11) is 1.69. The number of halogens is 1. The van der Waals surface area contributed by atoms with Crippen molar-refractivity contribution in [2.75, 3.05) is 5.32 Å². The zero-order valence-corrected chi connectivity index (χ0v) is 10.7. The van der Waals surface area contributed by atoms with Crippen molar-refractivity contribution in [2.45, 2.75) is 0 Å². The van der Waals surface area contributed by atoms with Crippen LogP contribution in [-0.4, -0.2) is 26.8 Å². The number of aryl methyl sites for hydroxylation is 1. The van der Waals surface area contributed by atoms with Gasteiger partial charge in [0.05, 0.1) is 5.56 Å². The molecule has 2 N–H and O–H groups in total. The van der Waals surface area contributed by atoms with Gasteiger partial charge in [0.25, 0.3) is 5.91 Å². The number of aromatic carboxylic acids is 1. The predicted molar refractivity (Wildman–Crippen MR) is 69.6 cm³/mol. The molecule has 2 rings (SSSR count). The van der Waals surface area contributed by atoms with Crippen LogP contribution >= 0.6 is 11.6 Å². The second kappa shape index (κ2) is 5.11. The van der Waals surface area contributed by atoms with Crippen LogP contribution in [0.25, 0.3) is 0 Å². The van der Waals surface area contributed by atoms with E-state index in [-0.39, 0.29) is 16.3 Å². The highest BCUT2D eigenvalue weighted by Crippen LogP contribution is 2.19. The third-order valence-electron chi connectivity index (χ3n) is 2.35. The minimum atomic E-state index is -1.11. The predicted octanol–water partition coefficient (Wildman–Crippen LogP) is 2.02. The van der Waals surface area contributed by atoms with Crippen LogP contribution in [0.5, 0.6) is 0 Å². The van der Waals surface area contributed by atoms with Crippen LogP contribution in [0.4, 0.5) is 5.69 Å². The number of carboxylic acids is 1. The molecular formula is C12H10ClN3O3. The first-order valence-corrected chi connectivity index (χ1v) is 5.68. The van der Waals surface area contributed by atoms with Crippen molar-refractivity contribution in [2.24, 2.45) is 7.05 Å². The molecule has 1 heterocycles. The molecule has 98 valence electrons. The third kappa shape index (κ3) is 3.11. The lowest BCUT2D eigenvalue weighted by molar-refractivity contribution is 0.0696. The number of nitrogens with zero attached hydrogens (tertiary/aromatic N) is 2. The van der Waals surface area contributed by atoms with Crippen molar-refractivity contribution in [3.8, 4) is 0 Å². The first-order chi connectivity index (χ1) is 8.95. The smallest absolute Gasteiger partial charge is 0.335 e. The average molecular weight is 280 g/mol. The van der Waals surface area contributed by atoms with Crippen LogP contribution < -0.4 is 5.32 Å². The van der Waals surface area contributed by atoms with E-state index >= 15 is 0 Å². The van der Waals surface area contributed by atoms with Crippen LogP contribution in [0, 0.1) is 0 Å². The van der Waals surface area contributed by atoms with Gasteiger partial charge in [-0.25, -0.2) is 4.79 Å². The van der Waals surface area contributed by atoms with Crippen LogP contribution in [0.3, 0.4) is 0 Å². The first kappa shape index (κ1) is 13.1. The zero-order valence-electron chi connectivity index (χ0n) is 9.92. The average Bonchev–Trinajstić information content (AvgIpc) is 2.75. The van der Waals surface area contributed by atoms with Crippen LogP contribution in [0.1, 0.15) is 20.8 Å². The molecule has 1 amide bonds. The maximum Gasteiger partial charge on any atom is 0.335 e. The van der Waals surface area contributed by atoms with E-state index < -0.39 is 11.9 Å². The topological polar surface area (TPSA) is 84.2 Å². The molecule has 0 bridgehead atoms. The van der Waals surface area contributed by atoms with Gasteiger partial charge in [-0.05, 0) is 24.3 Å². The van der Waals surface area contributed by atoms with Crippen molar-refractivity contribution in [1.29, 1.82) is 0 Å². The van der Waals surface area contributed by atoms with Gasteiger partial charge in [0, 0.05) is 24.0 Å². The Morgan fingerprint density at radius 1 is 1.37 bits per heavy atom. The standard InChI is InChI=1S/C12H10ClN3O3/c1-16-3-2-10(15-16)11(17)14-9-5-7(12(18)19)4-8(13)6-9/h2-6H,1H3,(H,14,17)(H,18,19). The molecule has 0 aliphatic heterocycles. The van der Waals surface area contributed by atoms with Gasteiger partial charge in [-0.1, -0.05) is 11.6 Å². The van der Waals surface area contributed by atoms with Gasteiger partial charge in [0.2, 0.25) is 0 Å². The number of aromatic nitrogens is 2. The molecule has 0 aliphatic carbocycles. The molecule has 1 aromatic heterocycles. The van der Waals surface area contributed by atoms with Gasteiger partial charge in [-0.2, -0.15) is 5.10 Å². The van der Waals surface area contributed by atoms with E-state index in [2.05, 4.69) is 10.4 Å². The molecular weight excluding hydrogens is 270 g/mol. The normalized spacial score (nSPS) is 10.2. The number of benzene rings is 1. The molecule has 0 spiro atoms. The van der Waals surface area contributed by atoms with Gasteiger partial charge in [0.15, 0.2) is 5.69 Å². The van der Waals surface area contributed by atoms with Crippen molar-refractivity contribution in [3.05, 3.63) is 46.7 Å². The molecule has 19 heavy (non-hydrogen) atoms. The fourth-order valence-electron chi connectivity index (χ4n) is 1.52. The highest BCUT2D eigenvalue weighted by atomic mass is 35.5. The SMILES string of the molecule is Cn1ccc(C(=O)Nc2cc(Cl)cc(C(=O)O)c2)n1. The molecule has 0 fully saturated rings. The molecule has 7 heteroatoms. The monoisotopic (exact) mass is 279 g/mol. The summed E-state index contributed by atoms with van der Waals surface area (Å²) in [5, 5.41) is 15.6. The maximum absolute atomic E-state index is 11.8.